The third kappa shape index (κ3) is 1.38. The van der Waals surface area contributed by atoms with Gasteiger partial charge in [0.2, 0.25) is 5.28 Å². The number of rotatable bonds is 0. The fourth-order valence-corrected chi connectivity index (χ4v) is 3.36. The molecule has 0 saturated carbocycles. The van der Waals surface area contributed by atoms with Crippen molar-refractivity contribution < 1.29 is 0 Å². The largest absolute Gasteiger partial charge is 0.314 e. The molecular formula is C10H7Br2ClN2. The minimum absolute atomic E-state index is 0.593. The summed E-state index contributed by atoms with van der Waals surface area (Å²) in [7, 11) is 0. The zero-order valence-corrected chi connectivity index (χ0v) is 11.7. The lowest BCUT2D eigenvalue weighted by Gasteiger charge is -2.17. The molecule has 0 atom stereocenters. The monoisotopic (exact) mass is 348 g/mol. The second-order valence-corrected chi connectivity index (χ2v) is 5.64. The van der Waals surface area contributed by atoms with Crippen LogP contribution in [0.1, 0.15) is 12.0 Å². The Labute approximate surface area is 109 Å². The summed E-state index contributed by atoms with van der Waals surface area (Å²) < 4.78 is 4.27. The number of benzene rings is 1. The van der Waals surface area contributed by atoms with Crippen molar-refractivity contribution in [3.05, 3.63) is 25.9 Å². The number of aryl methyl sites for hydroxylation is 2. The number of nitrogens with zero attached hydrogens (tertiary/aromatic N) is 2. The molecule has 1 aromatic carbocycles. The summed E-state index contributed by atoms with van der Waals surface area (Å²) in [5.41, 5.74) is 3.47. The van der Waals surface area contributed by atoms with Crippen LogP contribution in [-0.2, 0) is 13.0 Å². The summed E-state index contributed by atoms with van der Waals surface area (Å²) in [5, 5.41) is 0.593. The first kappa shape index (κ1) is 10.1. The van der Waals surface area contributed by atoms with E-state index in [0.29, 0.717) is 5.28 Å². The Morgan fingerprint density at radius 2 is 2.20 bits per heavy atom. The molecule has 2 aromatic rings. The van der Waals surface area contributed by atoms with Gasteiger partial charge in [0, 0.05) is 15.5 Å². The van der Waals surface area contributed by atoms with Gasteiger partial charge in [-0.15, -0.1) is 0 Å². The highest BCUT2D eigenvalue weighted by Crippen LogP contribution is 2.37. The first-order valence-corrected chi connectivity index (χ1v) is 6.67. The third-order valence-corrected chi connectivity index (χ3v) is 5.13. The van der Waals surface area contributed by atoms with Crippen molar-refractivity contribution in [1.29, 1.82) is 0 Å². The van der Waals surface area contributed by atoms with Gasteiger partial charge < -0.3 is 4.57 Å². The van der Waals surface area contributed by atoms with E-state index in [1.807, 2.05) is 6.07 Å². The lowest BCUT2D eigenvalue weighted by Crippen LogP contribution is -2.08. The van der Waals surface area contributed by atoms with E-state index in [4.69, 9.17) is 11.6 Å². The average Bonchev–Trinajstić information content (AvgIpc) is 2.54. The molecule has 0 spiro atoms. The van der Waals surface area contributed by atoms with Crippen LogP contribution in [0.25, 0.3) is 11.0 Å². The second kappa shape index (κ2) is 3.47. The predicted octanol–water partition coefficient (Wildman–Crippen LogP) is 4.16. The number of hydrogen-bond acceptors (Lipinski definition) is 1. The smallest absolute Gasteiger partial charge is 0.203 e. The quantitative estimate of drug-likeness (QED) is 0.698. The molecule has 0 fully saturated rings. The number of halogens is 3. The highest BCUT2D eigenvalue weighted by molar-refractivity contribution is 9.13. The van der Waals surface area contributed by atoms with Crippen molar-refractivity contribution in [2.24, 2.45) is 0 Å². The summed E-state index contributed by atoms with van der Waals surface area (Å²) >= 11 is 13.2. The van der Waals surface area contributed by atoms with Gasteiger partial charge in [0.25, 0.3) is 0 Å². The molecule has 0 amide bonds. The highest BCUT2D eigenvalue weighted by Gasteiger charge is 2.20. The molecule has 78 valence electrons. The van der Waals surface area contributed by atoms with E-state index in [9.17, 15) is 0 Å². The van der Waals surface area contributed by atoms with Gasteiger partial charge in [-0.05, 0) is 67.9 Å². The van der Waals surface area contributed by atoms with Crippen molar-refractivity contribution in [3.8, 4) is 0 Å². The molecule has 15 heavy (non-hydrogen) atoms. The van der Waals surface area contributed by atoms with Crippen molar-refractivity contribution in [1.82, 2.24) is 9.55 Å². The maximum atomic E-state index is 6.10. The number of hydrogen-bond donors (Lipinski definition) is 0. The molecule has 0 radical (unpaired) electrons. The van der Waals surface area contributed by atoms with Gasteiger partial charge in [0.1, 0.15) is 0 Å². The first-order chi connectivity index (χ1) is 7.18. The van der Waals surface area contributed by atoms with Crippen molar-refractivity contribution >= 4 is 54.5 Å². The standard InChI is InChI=1S/C10H7Br2ClN2/c11-6-4-7-9-5(8(6)12)2-1-3-15(9)10(13)14-7/h4H,1-3H2. The van der Waals surface area contributed by atoms with E-state index in [-0.39, 0.29) is 0 Å². The third-order valence-electron chi connectivity index (χ3n) is 2.78. The molecule has 2 heterocycles. The summed E-state index contributed by atoms with van der Waals surface area (Å²) in [4.78, 5) is 4.36. The summed E-state index contributed by atoms with van der Waals surface area (Å²) in [6.45, 7) is 0.969. The molecule has 0 unspecified atom stereocenters. The molecule has 1 aromatic heterocycles. The van der Waals surface area contributed by atoms with Crippen LogP contribution in [0.5, 0.6) is 0 Å². The molecule has 0 N–H and O–H groups in total. The van der Waals surface area contributed by atoms with Gasteiger partial charge in [-0.25, -0.2) is 4.98 Å². The lowest BCUT2D eigenvalue weighted by atomic mass is 10.0. The predicted molar refractivity (Wildman–Crippen MR) is 68.5 cm³/mol. The molecule has 1 aliphatic rings. The van der Waals surface area contributed by atoms with Gasteiger partial charge >= 0.3 is 0 Å². The van der Waals surface area contributed by atoms with Crippen molar-refractivity contribution in [2.45, 2.75) is 19.4 Å². The minimum atomic E-state index is 0.593. The Morgan fingerprint density at radius 3 is 3.00 bits per heavy atom. The molecule has 3 rings (SSSR count). The van der Waals surface area contributed by atoms with Gasteiger partial charge in [-0.1, -0.05) is 0 Å². The van der Waals surface area contributed by atoms with Crippen LogP contribution in [-0.4, -0.2) is 9.55 Å². The van der Waals surface area contributed by atoms with Crippen LogP contribution in [0, 0.1) is 0 Å². The summed E-state index contributed by atoms with van der Waals surface area (Å²) in [6, 6.07) is 2.01. The zero-order valence-electron chi connectivity index (χ0n) is 7.73. The summed E-state index contributed by atoms with van der Waals surface area (Å²) in [6.07, 6.45) is 2.20. The molecular weight excluding hydrogens is 343 g/mol. The van der Waals surface area contributed by atoms with Crippen LogP contribution in [0.15, 0.2) is 15.0 Å². The van der Waals surface area contributed by atoms with Gasteiger partial charge in [0.15, 0.2) is 0 Å². The topological polar surface area (TPSA) is 17.8 Å². The van der Waals surface area contributed by atoms with Gasteiger partial charge in [0.05, 0.1) is 11.0 Å². The van der Waals surface area contributed by atoms with Crippen LogP contribution in [0.4, 0.5) is 0 Å². The van der Waals surface area contributed by atoms with E-state index < -0.39 is 0 Å². The minimum Gasteiger partial charge on any atom is -0.314 e. The SMILES string of the molecule is Clc1nc2cc(Br)c(Br)c3c2n1CCC3. The van der Waals surface area contributed by atoms with Crippen LogP contribution < -0.4 is 0 Å². The fraction of sp³-hybridized carbons (Fsp3) is 0.300. The average molecular weight is 350 g/mol. The van der Waals surface area contributed by atoms with Crippen LogP contribution in [0.2, 0.25) is 5.28 Å². The van der Waals surface area contributed by atoms with E-state index in [2.05, 4.69) is 41.4 Å². The molecule has 5 heteroatoms. The Bertz CT molecular complexity index is 562. The number of imidazole rings is 1. The Kier molecular flexibility index (Phi) is 2.34. The van der Waals surface area contributed by atoms with Crippen LogP contribution >= 0.6 is 43.5 Å². The Morgan fingerprint density at radius 1 is 1.40 bits per heavy atom. The molecule has 1 aliphatic heterocycles. The van der Waals surface area contributed by atoms with E-state index in [1.165, 1.54) is 11.1 Å². The number of aromatic nitrogens is 2. The molecule has 2 nitrogen and oxygen atoms in total. The van der Waals surface area contributed by atoms with Gasteiger partial charge in [-0.3, -0.25) is 0 Å². The Balaban J connectivity index is 2.52. The van der Waals surface area contributed by atoms with E-state index in [0.717, 1.165) is 33.8 Å². The molecule has 0 bridgehead atoms. The van der Waals surface area contributed by atoms with Crippen LogP contribution in [0.3, 0.4) is 0 Å². The molecule has 0 aliphatic carbocycles. The zero-order chi connectivity index (χ0) is 10.6. The second-order valence-electron chi connectivity index (χ2n) is 3.65. The normalized spacial score (nSPS) is 14.9. The molecule has 0 saturated heterocycles. The van der Waals surface area contributed by atoms with Gasteiger partial charge in [-0.2, -0.15) is 0 Å². The maximum absolute atomic E-state index is 6.10. The van der Waals surface area contributed by atoms with Crippen molar-refractivity contribution in [3.63, 3.8) is 0 Å². The van der Waals surface area contributed by atoms with Crippen molar-refractivity contribution in [2.75, 3.05) is 0 Å². The van der Waals surface area contributed by atoms with E-state index >= 15 is 0 Å². The highest BCUT2D eigenvalue weighted by atomic mass is 79.9. The maximum Gasteiger partial charge on any atom is 0.203 e. The summed E-state index contributed by atoms with van der Waals surface area (Å²) in [5.74, 6) is 0. The first-order valence-electron chi connectivity index (χ1n) is 4.71. The van der Waals surface area contributed by atoms with E-state index in [1.54, 1.807) is 0 Å². The fourth-order valence-electron chi connectivity index (χ4n) is 2.14. The Hall–Kier alpha value is -0.0600. The lowest BCUT2D eigenvalue weighted by molar-refractivity contribution is 0.631.